The molecule has 1 aliphatic rings. The Kier molecular flexibility index (Phi) is 4.70. The molecule has 0 amide bonds. The Bertz CT molecular complexity index is 167. The van der Waals surface area contributed by atoms with Crippen LogP contribution in [0.1, 0.15) is 6.42 Å². The second kappa shape index (κ2) is 5.35. The number of thioether (sulfide) groups is 1. The number of rotatable bonds is 5. The van der Waals surface area contributed by atoms with Crippen LogP contribution in [0.4, 0.5) is 0 Å². The Hall–Kier alpha value is 0.230. The first-order valence-electron chi connectivity index (χ1n) is 5.24. The molecule has 0 aromatic heterocycles. The lowest BCUT2D eigenvalue weighted by molar-refractivity contribution is 0.139. The maximum atomic E-state index is 5.91. The molecule has 1 aliphatic heterocycles. The van der Waals surface area contributed by atoms with Crippen molar-refractivity contribution in [1.82, 2.24) is 9.80 Å². The van der Waals surface area contributed by atoms with Crippen LogP contribution < -0.4 is 5.73 Å². The van der Waals surface area contributed by atoms with Gasteiger partial charge in [-0.25, -0.2) is 0 Å². The van der Waals surface area contributed by atoms with Gasteiger partial charge in [0.25, 0.3) is 0 Å². The van der Waals surface area contributed by atoms with Crippen LogP contribution in [-0.2, 0) is 0 Å². The summed E-state index contributed by atoms with van der Waals surface area (Å²) < 4.78 is 0. The van der Waals surface area contributed by atoms with Gasteiger partial charge in [-0.3, -0.25) is 4.90 Å². The highest BCUT2D eigenvalue weighted by molar-refractivity contribution is 7.99. The van der Waals surface area contributed by atoms with E-state index >= 15 is 0 Å². The molecule has 14 heavy (non-hydrogen) atoms. The van der Waals surface area contributed by atoms with Gasteiger partial charge >= 0.3 is 0 Å². The Balaban J connectivity index is 2.43. The Morgan fingerprint density at radius 2 is 2.00 bits per heavy atom. The van der Waals surface area contributed by atoms with Gasteiger partial charge in [-0.05, 0) is 33.3 Å². The Labute approximate surface area is 92.0 Å². The van der Waals surface area contributed by atoms with Crippen molar-refractivity contribution in [3.05, 3.63) is 0 Å². The normalized spacial score (nSPS) is 27.9. The SMILES string of the molecule is CN(C)CCN(C)C1(CN)CCSC1. The number of nitrogens with two attached hydrogens (primary N) is 1. The topological polar surface area (TPSA) is 32.5 Å². The van der Waals surface area contributed by atoms with Crippen LogP contribution in [0.15, 0.2) is 0 Å². The fourth-order valence-corrected chi connectivity index (χ4v) is 3.33. The monoisotopic (exact) mass is 217 g/mol. The van der Waals surface area contributed by atoms with E-state index in [9.17, 15) is 0 Å². The number of hydrogen-bond donors (Lipinski definition) is 1. The fraction of sp³-hybridized carbons (Fsp3) is 1.00. The largest absolute Gasteiger partial charge is 0.329 e. The molecule has 0 aromatic carbocycles. The quantitative estimate of drug-likeness (QED) is 0.719. The van der Waals surface area contributed by atoms with Crippen LogP contribution in [0.5, 0.6) is 0 Å². The minimum absolute atomic E-state index is 0.278. The fourth-order valence-electron chi connectivity index (χ4n) is 1.80. The molecule has 1 saturated heterocycles. The molecular weight excluding hydrogens is 194 g/mol. The van der Waals surface area contributed by atoms with Crippen molar-refractivity contribution in [3.63, 3.8) is 0 Å². The second-order valence-electron chi connectivity index (χ2n) is 4.46. The van der Waals surface area contributed by atoms with Crippen LogP contribution in [-0.4, -0.2) is 67.6 Å². The molecule has 2 N–H and O–H groups in total. The number of nitrogens with zero attached hydrogens (tertiary/aromatic N) is 2. The smallest absolute Gasteiger partial charge is 0.0427 e. The molecule has 0 spiro atoms. The van der Waals surface area contributed by atoms with Crippen LogP contribution in [0.25, 0.3) is 0 Å². The average Bonchev–Trinajstić information content (AvgIpc) is 2.63. The van der Waals surface area contributed by atoms with E-state index < -0.39 is 0 Å². The molecule has 1 fully saturated rings. The molecule has 0 aromatic rings. The molecule has 0 bridgehead atoms. The molecule has 1 heterocycles. The van der Waals surface area contributed by atoms with E-state index in [2.05, 4.69) is 30.9 Å². The van der Waals surface area contributed by atoms with Gasteiger partial charge in [0, 0.05) is 30.9 Å². The maximum absolute atomic E-state index is 5.91. The summed E-state index contributed by atoms with van der Waals surface area (Å²) in [5.74, 6) is 2.47. The Morgan fingerprint density at radius 3 is 2.43 bits per heavy atom. The van der Waals surface area contributed by atoms with Crippen LogP contribution in [0, 0.1) is 0 Å². The summed E-state index contributed by atoms with van der Waals surface area (Å²) in [6, 6.07) is 0. The highest BCUT2D eigenvalue weighted by atomic mass is 32.2. The molecule has 1 unspecified atom stereocenters. The lowest BCUT2D eigenvalue weighted by atomic mass is 9.97. The third-order valence-electron chi connectivity index (χ3n) is 3.15. The van der Waals surface area contributed by atoms with Crippen LogP contribution >= 0.6 is 11.8 Å². The predicted octanol–water partition coefficient (Wildman–Crippen LogP) is 0.314. The van der Waals surface area contributed by atoms with E-state index in [1.54, 1.807) is 0 Å². The highest BCUT2D eigenvalue weighted by Crippen LogP contribution is 2.31. The summed E-state index contributed by atoms with van der Waals surface area (Å²) in [5, 5.41) is 0. The van der Waals surface area contributed by atoms with E-state index in [0.717, 1.165) is 19.6 Å². The van der Waals surface area contributed by atoms with Gasteiger partial charge in [-0.1, -0.05) is 0 Å². The van der Waals surface area contributed by atoms with Gasteiger partial charge in [-0.15, -0.1) is 0 Å². The molecule has 3 nitrogen and oxygen atoms in total. The van der Waals surface area contributed by atoms with Crippen molar-refractivity contribution >= 4 is 11.8 Å². The van der Waals surface area contributed by atoms with Gasteiger partial charge in [0.2, 0.25) is 0 Å². The minimum Gasteiger partial charge on any atom is -0.329 e. The first kappa shape index (κ1) is 12.3. The van der Waals surface area contributed by atoms with Gasteiger partial charge in [0.1, 0.15) is 0 Å². The molecule has 0 aliphatic carbocycles. The zero-order valence-corrected chi connectivity index (χ0v) is 10.4. The van der Waals surface area contributed by atoms with Crippen molar-refractivity contribution in [1.29, 1.82) is 0 Å². The van der Waals surface area contributed by atoms with Crippen LogP contribution in [0.3, 0.4) is 0 Å². The minimum atomic E-state index is 0.278. The van der Waals surface area contributed by atoms with Crippen molar-refractivity contribution in [2.75, 3.05) is 52.3 Å². The predicted molar refractivity (Wildman–Crippen MR) is 64.9 cm³/mol. The molecule has 1 rings (SSSR count). The zero-order valence-electron chi connectivity index (χ0n) is 9.62. The van der Waals surface area contributed by atoms with Crippen molar-refractivity contribution in [2.45, 2.75) is 12.0 Å². The molecular formula is C10H23N3S. The van der Waals surface area contributed by atoms with Gasteiger partial charge in [-0.2, -0.15) is 11.8 Å². The van der Waals surface area contributed by atoms with Gasteiger partial charge in [0.15, 0.2) is 0 Å². The first-order valence-corrected chi connectivity index (χ1v) is 6.40. The molecule has 0 saturated carbocycles. The Morgan fingerprint density at radius 1 is 1.29 bits per heavy atom. The average molecular weight is 217 g/mol. The summed E-state index contributed by atoms with van der Waals surface area (Å²) in [6.45, 7) is 3.03. The van der Waals surface area contributed by atoms with Gasteiger partial charge < -0.3 is 10.6 Å². The van der Waals surface area contributed by atoms with E-state index in [4.69, 9.17) is 5.73 Å². The van der Waals surface area contributed by atoms with Crippen molar-refractivity contribution in [3.8, 4) is 0 Å². The third kappa shape index (κ3) is 2.86. The van der Waals surface area contributed by atoms with E-state index in [0.29, 0.717) is 0 Å². The molecule has 84 valence electrons. The lowest BCUT2D eigenvalue weighted by Gasteiger charge is -2.37. The standard InChI is InChI=1S/C10H23N3S/c1-12(2)5-6-13(3)10(8-11)4-7-14-9-10/h4-9,11H2,1-3H3. The molecule has 0 radical (unpaired) electrons. The lowest BCUT2D eigenvalue weighted by Crippen LogP contribution is -2.53. The summed E-state index contributed by atoms with van der Waals surface area (Å²) >= 11 is 2.03. The molecule has 1 atom stereocenters. The number of hydrogen-bond acceptors (Lipinski definition) is 4. The van der Waals surface area contributed by atoms with Gasteiger partial charge in [0.05, 0.1) is 0 Å². The third-order valence-corrected chi connectivity index (χ3v) is 4.39. The maximum Gasteiger partial charge on any atom is 0.0427 e. The zero-order chi connectivity index (χ0) is 10.6. The van der Waals surface area contributed by atoms with E-state index in [-0.39, 0.29) is 5.54 Å². The van der Waals surface area contributed by atoms with Crippen molar-refractivity contribution < 1.29 is 0 Å². The summed E-state index contributed by atoms with van der Waals surface area (Å²) in [6.07, 6.45) is 1.25. The first-order chi connectivity index (χ1) is 6.60. The van der Waals surface area contributed by atoms with E-state index in [1.165, 1.54) is 17.9 Å². The summed E-state index contributed by atoms with van der Waals surface area (Å²) in [4.78, 5) is 4.68. The van der Waals surface area contributed by atoms with Crippen LogP contribution in [0.2, 0.25) is 0 Å². The summed E-state index contributed by atoms with van der Waals surface area (Å²) in [5.41, 5.74) is 6.19. The van der Waals surface area contributed by atoms with Crippen molar-refractivity contribution in [2.24, 2.45) is 5.73 Å². The highest BCUT2D eigenvalue weighted by Gasteiger charge is 2.36. The number of likely N-dealkylation sites (N-methyl/N-ethyl adjacent to an activating group) is 2. The summed E-state index contributed by atoms with van der Waals surface area (Å²) in [7, 11) is 6.45. The second-order valence-corrected chi connectivity index (χ2v) is 5.56. The van der Waals surface area contributed by atoms with E-state index in [1.807, 2.05) is 11.8 Å². The molecule has 4 heteroatoms.